The van der Waals surface area contributed by atoms with Crippen LogP contribution >= 0.6 is 22.6 Å². The number of halogens is 1. The van der Waals surface area contributed by atoms with Gasteiger partial charge in [-0.15, -0.1) is 0 Å². The number of rotatable bonds is 1. The van der Waals surface area contributed by atoms with Crippen LogP contribution in [0, 0.1) is 3.57 Å². The molecular formula is C11H7IN4. The molecule has 0 fully saturated rings. The molecule has 2 aromatic heterocycles. The van der Waals surface area contributed by atoms with Crippen molar-refractivity contribution >= 4 is 33.6 Å². The molecule has 0 bridgehead atoms. The first-order valence-electron chi connectivity index (χ1n) is 4.74. The van der Waals surface area contributed by atoms with E-state index >= 15 is 0 Å². The molecule has 0 saturated carbocycles. The molecule has 16 heavy (non-hydrogen) atoms. The summed E-state index contributed by atoms with van der Waals surface area (Å²) in [6, 6.07) is 7.92. The number of aromatic nitrogens is 4. The van der Waals surface area contributed by atoms with Crippen LogP contribution in [0.15, 0.2) is 43.0 Å². The Bertz CT molecular complexity index is 630. The molecule has 3 rings (SSSR count). The second-order valence-electron chi connectivity index (χ2n) is 3.30. The van der Waals surface area contributed by atoms with Gasteiger partial charge in [0.15, 0.2) is 0 Å². The lowest BCUT2D eigenvalue weighted by Gasteiger charge is -2.01. The average Bonchev–Trinajstić information content (AvgIpc) is 2.74. The molecule has 0 spiro atoms. The zero-order valence-electron chi connectivity index (χ0n) is 8.21. The third kappa shape index (κ3) is 1.57. The standard InChI is InChI=1S/C11H7IN4/c12-8-5-13-11(14-6-8)16-7-15-9-3-1-2-4-10(9)16/h1-7H. The van der Waals surface area contributed by atoms with Crippen molar-refractivity contribution in [1.82, 2.24) is 19.5 Å². The van der Waals surface area contributed by atoms with Gasteiger partial charge >= 0.3 is 0 Å². The van der Waals surface area contributed by atoms with Crippen molar-refractivity contribution in [2.45, 2.75) is 0 Å². The fourth-order valence-corrected chi connectivity index (χ4v) is 1.83. The molecule has 0 aliphatic carbocycles. The number of para-hydroxylation sites is 2. The van der Waals surface area contributed by atoms with Crippen LogP contribution in [0.4, 0.5) is 0 Å². The highest BCUT2D eigenvalue weighted by Crippen LogP contribution is 2.14. The minimum absolute atomic E-state index is 0.647. The maximum Gasteiger partial charge on any atom is 0.235 e. The minimum atomic E-state index is 0.647. The summed E-state index contributed by atoms with van der Waals surface area (Å²) in [5, 5.41) is 0. The molecule has 0 amide bonds. The van der Waals surface area contributed by atoms with Crippen LogP contribution in [0.5, 0.6) is 0 Å². The van der Waals surface area contributed by atoms with Crippen LogP contribution in [0.1, 0.15) is 0 Å². The number of hydrogen-bond donors (Lipinski definition) is 0. The summed E-state index contributed by atoms with van der Waals surface area (Å²) >= 11 is 2.18. The average molecular weight is 322 g/mol. The topological polar surface area (TPSA) is 43.6 Å². The smallest absolute Gasteiger partial charge is 0.235 e. The van der Waals surface area contributed by atoms with Gasteiger partial charge in [-0.3, -0.25) is 4.57 Å². The first-order valence-corrected chi connectivity index (χ1v) is 5.82. The van der Waals surface area contributed by atoms with Crippen LogP contribution in [0.25, 0.3) is 17.0 Å². The normalized spacial score (nSPS) is 10.8. The lowest BCUT2D eigenvalue weighted by molar-refractivity contribution is 0.943. The Kier molecular flexibility index (Phi) is 2.32. The second-order valence-corrected chi connectivity index (χ2v) is 4.55. The van der Waals surface area contributed by atoms with E-state index in [2.05, 4.69) is 37.5 Å². The van der Waals surface area contributed by atoms with E-state index in [-0.39, 0.29) is 0 Å². The molecule has 0 saturated heterocycles. The molecular weight excluding hydrogens is 315 g/mol. The monoisotopic (exact) mass is 322 g/mol. The van der Waals surface area contributed by atoms with Crippen molar-refractivity contribution in [3.05, 3.63) is 46.6 Å². The molecule has 78 valence electrons. The first kappa shape index (κ1) is 9.71. The highest BCUT2D eigenvalue weighted by molar-refractivity contribution is 14.1. The van der Waals surface area contributed by atoms with Gasteiger partial charge in [0.1, 0.15) is 6.33 Å². The lowest BCUT2D eigenvalue weighted by Crippen LogP contribution is -1.99. The van der Waals surface area contributed by atoms with E-state index in [1.807, 2.05) is 28.8 Å². The maximum absolute atomic E-state index is 4.30. The van der Waals surface area contributed by atoms with E-state index in [4.69, 9.17) is 0 Å². The van der Waals surface area contributed by atoms with Gasteiger partial charge in [-0.25, -0.2) is 15.0 Å². The van der Waals surface area contributed by atoms with Crippen LogP contribution in [-0.4, -0.2) is 19.5 Å². The van der Waals surface area contributed by atoms with Crippen molar-refractivity contribution in [3.63, 3.8) is 0 Å². The van der Waals surface area contributed by atoms with Gasteiger partial charge in [0.25, 0.3) is 0 Å². The highest BCUT2D eigenvalue weighted by atomic mass is 127. The second kappa shape index (κ2) is 3.82. The summed E-state index contributed by atoms with van der Waals surface area (Å²) in [5.74, 6) is 0.647. The summed E-state index contributed by atoms with van der Waals surface area (Å²) in [6.45, 7) is 0. The number of imidazole rings is 1. The summed E-state index contributed by atoms with van der Waals surface area (Å²) in [6.07, 6.45) is 5.32. The zero-order valence-corrected chi connectivity index (χ0v) is 10.4. The molecule has 5 heteroatoms. The van der Waals surface area contributed by atoms with Crippen molar-refractivity contribution in [1.29, 1.82) is 0 Å². The number of benzene rings is 1. The third-order valence-corrected chi connectivity index (χ3v) is 2.83. The lowest BCUT2D eigenvalue weighted by atomic mass is 10.3. The molecule has 3 aromatic rings. The quantitative estimate of drug-likeness (QED) is 0.646. The van der Waals surface area contributed by atoms with Gasteiger partial charge in [-0.2, -0.15) is 0 Å². The first-order chi connectivity index (χ1) is 7.84. The van der Waals surface area contributed by atoms with E-state index in [1.54, 1.807) is 18.7 Å². The van der Waals surface area contributed by atoms with Crippen molar-refractivity contribution < 1.29 is 0 Å². The Hall–Kier alpha value is -1.50. The van der Waals surface area contributed by atoms with Crippen LogP contribution in [0.2, 0.25) is 0 Å². The Morgan fingerprint density at radius 1 is 1.00 bits per heavy atom. The Morgan fingerprint density at radius 2 is 1.75 bits per heavy atom. The summed E-state index contributed by atoms with van der Waals surface area (Å²) < 4.78 is 2.90. The van der Waals surface area contributed by atoms with Gasteiger partial charge < -0.3 is 0 Å². The highest BCUT2D eigenvalue weighted by Gasteiger charge is 2.05. The molecule has 1 aromatic carbocycles. The van der Waals surface area contributed by atoms with Crippen LogP contribution in [0.3, 0.4) is 0 Å². The summed E-state index contributed by atoms with van der Waals surface area (Å²) in [5.41, 5.74) is 1.97. The molecule has 0 aliphatic rings. The van der Waals surface area contributed by atoms with Gasteiger partial charge in [-0.05, 0) is 34.7 Å². The van der Waals surface area contributed by atoms with E-state index in [1.165, 1.54) is 0 Å². The molecule has 0 radical (unpaired) electrons. The zero-order chi connectivity index (χ0) is 11.0. The molecule has 2 heterocycles. The molecule has 4 nitrogen and oxygen atoms in total. The van der Waals surface area contributed by atoms with E-state index in [9.17, 15) is 0 Å². The number of fused-ring (bicyclic) bond motifs is 1. The van der Waals surface area contributed by atoms with Crippen molar-refractivity contribution in [2.75, 3.05) is 0 Å². The third-order valence-electron chi connectivity index (χ3n) is 2.28. The van der Waals surface area contributed by atoms with Crippen LogP contribution < -0.4 is 0 Å². The maximum atomic E-state index is 4.30. The van der Waals surface area contributed by atoms with Gasteiger partial charge in [0.05, 0.1) is 11.0 Å². The Labute approximate surface area is 106 Å². The number of hydrogen-bond acceptors (Lipinski definition) is 3. The van der Waals surface area contributed by atoms with Crippen LogP contribution in [-0.2, 0) is 0 Å². The molecule has 0 unspecified atom stereocenters. The van der Waals surface area contributed by atoms with Gasteiger partial charge in [0.2, 0.25) is 5.95 Å². The predicted octanol–water partition coefficient (Wildman–Crippen LogP) is 2.42. The van der Waals surface area contributed by atoms with E-state index < -0.39 is 0 Å². The minimum Gasteiger partial charge on any atom is -0.267 e. The predicted molar refractivity (Wildman–Crippen MR) is 69.4 cm³/mol. The Balaban J connectivity index is 2.22. The summed E-state index contributed by atoms with van der Waals surface area (Å²) in [4.78, 5) is 12.8. The summed E-state index contributed by atoms with van der Waals surface area (Å²) in [7, 11) is 0. The molecule has 0 atom stereocenters. The fourth-order valence-electron chi connectivity index (χ4n) is 1.55. The van der Waals surface area contributed by atoms with Gasteiger partial charge in [0, 0.05) is 16.0 Å². The van der Waals surface area contributed by atoms with E-state index in [0.717, 1.165) is 14.6 Å². The van der Waals surface area contributed by atoms with E-state index in [0.29, 0.717) is 5.95 Å². The number of nitrogens with zero attached hydrogens (tertiary/aromatic N) is 4. The fraction of sp³-hybridized carbons (Fsp3) is 0. The SMILES string of the molecule is Ic1cnc(-n2cnc3ccccc32)nc1. The Morgan fingerprint density at radius 3 is 2.56 bits per heavy atom. The molecule has 0 aliphatic heterocycles. The van der Waals surface area contributed by atoms with Gasteiger partial charge in [-0.1, -0.05) is 12.1 Å². The van der Waals surface area contributed by atoms with Crippen molar-refractivity contribution in [3.8, 4) is 5.95 Å². The molecule has 0 N–H and O–H groups in total. The van der Waals surface area contributed by atoms with Crippen molar-refractivity contribution in [2.24, 2.45) is 0 Å². The largest absolute Gasteiger partial charge is 0.267 e.